The molecule has 1 aromatic carbocycles. The topological polar surface area (TPSA) is 20.2 Å². The molecular formula is C15H20F2OS. The highest BCUT2D eigenvalue weighted by molar-refractivity contribution is 8.03. The quantitative estimate of drug-likeness (QED) is 0.543. The number of aliphatic hydroxyl groups is 1. The lowest BCUT2D eigenvalue weighted by molar-refractivity contribution is -0.0759. The molecule has 0 spiro atoms. The van der Waals surface area contributed by atoms with E-state index in [1.807, 2.05) is 13.0 Å². The minimum atomic E-state index is -3.26. The molecule has 19 heavy (non-hydrogen) atoms. The predicted molar refractivity (Wildman–Crippen MR) is 76.5 cm³/mol. The van der Waals surface area contributed by atoms with Gasteiger partial charge in [0.25, 0.3) is 0 Å². The van der Waals surface area contributed by atoms with Crippen molar-refractivity contribution in [3.8, 4) is 0 Å². The fourth-order valence-electron chi connectivity index (χ4n) is 1.65. The van der Waals surface area contributed by atoms with Crippen molar-refractivity contribution in [3.63, 3.8) is 0 Å². The second-order valence-electron chi connectivity index (χ2n) is 4.47. The lowest BCUT2D eigenvalue weighted by Crippen LogP contribution is -2.34. The van der Waals surface area contributed by atoms with Gasteiger partial charge < -0.3 is 5.11 Å². The number of alkyl halides is 2. The summed E-state index contributed by atoms with van der Waals surface area (Å²) in [6, 6.07) is 8.88. The molecule has 0 aliphatic heterocycles. The van der Waals surface area contributed by atoms with Gasteiger partial charge in [-0.2, -0.15) is 8.78 Å². The first-order valence-corrected chi connectivity index (χ1v) is 7.28. The van der Waals surface area contributed by atoms with Crippen molar-refractivity contribution in [1.29, 1.82) is 0 Å². The molecule has 0 saturated carbocycles. The molecule has 0 radical (unpaired) electrons. The summed E-state index contributed by atoms with van der Waals surface area (Å²) in [7, 11) is 0. The number of unbranched alkanes of at least 4 members (excludes halogenated alkanes) is 2. The van der Waals surface area contributed by atoms with Gasteiger partial charge in [-0.1, -0.05) is 62.7 Å². The molecule has 0 aliphatic rings. The van der Waals surface area contributed by atoms with Gasteiger partial charge in [-0.25, -0.2) is 0 Å². The summed E-state index contributed by atoms with van der Waals surface area (Å²) in [6.07, 6.45) is 0.859. The Labute approximate surface area is 117 Å². The van der Waals surface area contributed by atoms with Crippen LogP contribution in [-0.2, 0) is 0 Å². The highest BCUT2D eigenvalue weighted by Gasteiger charge is 2.41. The van der Waals surface area contributed by atoms with Crippen molar-refractivity contribution in [2.45, 2.75) is 49.5 Å². The Balaban J connectivity index is 2.57. The van der Waals surface area contributed by atoms with Crippen LogP contribution >= 0.6 is 11.8 Å². The minimum absolute atomic E-state index is 0.106. The van der Waals surface area contributed by atoms with E-state index in [1.54, 1.807) is 24.3 Å². The Morgan fingerprint density at radius 2 is 1.95 bits per heavy atom. The Bertz CT molecular complexity index is 392. The maximum atomic E-state index is 14.0. The van der Waals surface area contributed by atoms with Gasteiger partial charge in [0.1, 0.15) is 6.10 Å². The SMILES string of the molecule is C=C(Sc1ccccc1)C(F)(F)C(O)CCCCC. The molecule has 4 heteroatoms. The van der Waals surface area contributed by atoms with Crippen molar-refractivity contribution in [2.75, 3.05) is 0 Å². The Morgan fingerprint density at radius 3 is 2.53 bits per heavy atom. The standard InChI is InChI=1S/C15H20F2OS/c1-3-4-6-11-14(18)15(16,17)12(2)19-13-9-7-5-8-10-13/h5,7-10,14,18H,2-4,6,11H2,1H3. The van der Waals surface area contributed by atoms with E-state index in [9.17, 15) is 13.9 Å². The largest absolute Gasteiger partial charge is 0.386 e. The summed E-state index contributed by atoms with van der Waals surface area (Å²) in [4.78, 5) is 0.399. The van der Waals surface area contributed by atoms with Gasteiger partial charge in [0, 0.05) is 4.90 Å². The number of aliphatic hydroxyl groups excluding tert-OH is 1. The first kappa shape index (κ1) is 16.2. The maximum Gasteiger partial charge on any atom is 0.303 e. The van der Waals surface area contributed by atoms with E-state index >= 15 is 0 Å². The molecule has 0 aromatic heterocycles. The van der Waals surface area contributed by atoms with Crippen LogP contribution < -0.4 is 0 Å². The van der Waals surface area contributed by atoms with Crippen LogP contribution in [0.5, 0.6) is 0 Å². The molecule has 1 atom stereocenters. The first-order valence-electron chi connectivity index (χ1n) is 6.46. The second-order valence-corrected chi connectivity index (χ2v) is 5.64. The van der Waals surface area contributed by atoms with E-state index < -0.39 is 12.0 Å². The van der Waals surface area contributed by atoms with Crippen LogP contribution in [-0.4, -0.2) is 17.1 Å². The second kappa shape index (κ2) is 7.65. The highest BCUT2D eigenvalue weighted by Crippen LogP contribution is 2.39. The third-order valence-electron chi connectivity index (χ3n) is 2.86. The van der Waals surface area contributed by atoms with E-state index in [4.69, 9.17) is 0 Å². The van der Waals surface area contributed by atoms with Crippen molar-refractivity contribution >= 4 is 11.8 Å². The molecule has 1 unspecified atom stereocenters. The Hall–Kier alpha value is -0.870. The van der Waals surface area contributed by atoms with E-state index in [1.165, 1.54) is 0 Å². The van der Waals surface area contributed by atoms with Crippen molar-refractivity contribution in [1.82, 2.24) is 0 Å². The lowest BCUT2D eigenvalue weighted by Gasteiger charge is -2.24. The molecule has 106 valence electrons. The molecule has 1 nitrogen and oxygen atoms in total. The summed E-state index contributed by atoms with van der Waals surface area (Å²) >= 11 is 0.914. The zero-order valence-electron chi connectivity index (χ0n) is 11.1. The van der Waals surface area contributed by atoms with Crippen molar-refractivity contribution in [3.05, 3.63) is 41.8 Å². The summed E-state index contributed by atoms with van der Waals surface area (Å²) in [5.41, 5.74) is 0. The van der Waals surface area contributed by atoms with Crippen LogP contribution in [0.3, 0.4) is 0 Å². The molecule has 0 bridgehead atoms. The van der Waals surface area contributed by atoms with Crippen molar-refractivity contribution in [2.24, 2.45) is 0 Å². The van der Waals surface area contributed by atoms with Gasteiger partial charge in [0.2, 0.25) is 0 Å². The average molecular weight is 286 g/mol. The highest BCUT2D eigenvalue weighted by atomic mass is 32.2. The third-order valence-corrected chi connectivity index (χ3v) is 3.88. The minimum Gasteiger partial charge on any atom is -0.386 e. The summed E-state index contributed by atoms with van der Waals surface area (Å²) in [6.45, 7) is 5.42. The number of thioether (sulfide) groups is 1. The summed E-state index contributed by atoms with van der Waals surface area (Å²) in [5, 5.41) is 9.63. The average Bonchev–Trinajstić information content (AvgIpc) is 2.40. The fourth-order valence-corrected chi connectivity index (χ4v) is 2.50. The molecule has 0 amide bonds. The number of rotatable bonds is 8. The Morgan fingerprint density at radius 1 is 1.32 bits per heavy atom. The normalized spacial score (nSPS) is 13.3. The molecule has 0 saturated heterocycles. The third kappa shape index (κ3) is 4.96. The van der Waals surface area contributed by atoms with Gasteiger partial charge in [-0.15, -0.1) is 0 Å². The maximum absolute atomic E-state index is 14.0. The van der Waals surface area contributed by atoms with Gasteiger partial charge >= 0.3 is 5.92 Å². The zero-order valence-corrected chi connectivity index (χ0v) is 11.9. The molecular weight excluding hydrogens is 266 g/mol. The van der Waals surface area contributed by atoms with E-state index in [0.29, 0.717) is 11.3 Å². The monoisotopic (exact) mass is 286 g/mol. The number of hydrogen-bond donors (Lipinski definition) is 1. The van der Waals surface area contributed by atoms with Crippen LogP contribution in [0.25, 0.3) is 0 Å². The summed E-state index contributed by atoms with van der Waals surface area (Å²) in [5.74, 6) is -3.26. The molecule has 1 N–H and O–H groups in total. The van der Waals surface area contributed by atoms with E-state index in [-0.39, 0.29) is 11.3 Å². The number of halogens is 2. The predicted octanol–water partition coefficient (Wildman–Crippen LogP) is 4.87. The number of benzene rings is 1. The Kier molecular flexibility index (Phi) is 6.52. The fraction of sp³-hybridized carbons (Fsp3) is 0.467. The van der Waals surface area contributed by atoms with Gasteiger partial charge in [-0.3, -0.25) is 0 Å². The molecule has 0 heterocycles. The van der Waals surface area contributed by atoms with Crippen molar-refractivity contribution < 1.29 is 13.9 Å². The van der Waals surface area contributed by atoms with Gasteiger partial charge in [0.15, 0.2) is 0 Å². The first-order chi connectivity index (χ1) is 8.98. The summed E-state index contributed by atoms with van der Waals surface area (Å²) < 4.78 is 27.9. The molecule has 1 rings (SSSR count). The van der Waals surface area contributed by atoms with E-state index in [2.05, 4.69) is 6.58 Å². The number of hydrogen-bond acceptors (Lipinski definition) is 2. The molecule has 0 aliphatic carbocycles. The zero-order chi connectivity index (χ0) is 14.3. The van der Waals surface area contributed by atoms with Gasteiger partial charge in [-0.05, 0) is 18.6 Å². The van der Waals surface area contributed by atoms with Crippen LogP contribution in [0.4, 0.5) is 8.78 Å². The van der Waals surface area contributed by atoms with Crippen LogP contribution in [0.2, 0.25) is 0 Å². The molecule has 1 aromatic rings. The lowest BCUT2D eigenvalue weighted by atomic mass is 10.1. The van der Waals surface area contributed by atoms with E-state index in [0.717, 1.165) is 24.6 Å². The van der Waals surface area contributed by atoms with Crippen LogP contribution in [0.1, 0.15) is 32.6 Å². The molecule has 0 fully saturated rings. The van der Waals surface area contributed by atoms with Gasteiger partial charge in [0.05, 0.1) is 4.91 Å². The van der Waals surface area contributed by atoms with Crippen LogP contribution in [0.15, 0.2) is 46.7 Å². The smallest absolute Gasteiger partial charge is 0.303 e. The van der Waals surface area contributed by atoms with Crippen LogP contribution in [0, 0.1) is 0 Å².